The monoisotopic (exact) mass is 530 g/mol. The molecule has 2 aromatic heterocycles. The molecule has 8 nitrogen and oxygen atoms in total. The van der Waals surface area contributed by atoms with E-state index in [4.69, 9.17) is 9.47 Å². The Morgan fingerprint density at radius 3 is 2.47 bits per heavy atom. The number of nitrogens with zero attached hydrogens (tertiary/aromatic N) is 1. The molecule has 0 bridgehead atoms. The molecule has 1 N–H and O–H groups in total. The molecule has 0 fully saturated rings. The second kappa shape index (κ2) is 9.50. The second-order valence-corrected chi connectivity index (χ2v) is 11.5. The molecule has 1 aliphatic carbocycles. The van der Waals surface area contributed by atoms with Gasteiger partial charge >= 0.3 is 5.97 Å². The molecule has 0 aliphatic heterocycles. The number of allylic oxidation sites excluding steroid dienone is 3. The number of esters is 1. The van der Waals surface area contributed by atoms with E-state index in [1.165, 1.54) is 19.4 Å². The Bertz CT molecular complexity index is 1780. The molecule has 4 aromatic rings. The molecule has 0 saturated heterocycles. The van der Waals surface area contributed by atoms with E-state index in [0.717, 1.165) is 15.1 Å². The third-order valence-electron chi connectivity index (χ3n) is 6.97. The van der Waals surface area contributed by atoms with Crippen LogP contribution in [0.4, 0.5) is 0 Å². The van der Waals surface area contributed by atoms with E-state index in [2.05, 4.69) is 4.98 Å². The fourth-order valence-electron chi connectivity index (χ4n) is 4.65. The first-order valence-electron chi connectivity index (χ1n) is 12.0. The Kier molecular flexibility index (Phi) is 6.32. The zero-order chi connectivity index (χ0) is 27.1. The summed E-state index contributed by atoms with van der Waals surface area (Å²) in [6.45, 7) is 3.33. The Labute approximate surface area is 219 Å². The number of hydrogen-bond acceptors (Lipinski definition) is 6. The van der Waals surface area contributed by atoms with Crippen LogP contribution in [0.15, 0.2) is 95.4 Å². The predicted molar refractivity (Wildman–Crippen MR) is 146 cm³/mol. The Morgan fingerprint density at radius 1 is 1.05 bits per heavy atom. The Balaban J connectivity index is 1.59. The van der Waals surface area contributed by atoms with Gasteiger partial charge in [-0.15, -0.1) is 0 Å². The van der Waals surface area contributed by atoms with Gasteiger partial charge in [-0.3, -0.25) is 4.79 Å². The normalized spacial score (nSPS) is 17.6. The van der Waals surface area contributed by atoms with Crippen molar-refractivity contribution in [1.82, 2.24) is 8.96 Å². The first-order valence-corrected chi connectivity index (χ1v) is 13.4. The van der Waals surface area contributed by atoms with Crippen LogP contribution in [0.25, 0.3) is 16.5 Å². The summed E-state index contributed by atoms with van der Waals surface area (Å²) in [4.78, 5) is 27.8. The molecule has 2 heterocycles. The van der Waals surface area contributed by atoms with Crippen LogP contribution < -0.4 is 10.3 Å². The highest BCUT2D eigenvalue weighted by molar-refractivity contribution is 7.91. The number of benzene rings is 2. The molecule has 1 aliphatic rings. The van der Waals surface area contributed by atoms with E-state index in [9.17, 15) is 18.0 Å². The van der Waals surface area contributed by atoms with E-state index >= 15 is 0 Å². The van der Waals surface area contributed by atoms with Gasteiger partial charge in [0, 0.05) is 17.1 Å². The molecule has 5 rings (SSSR count). The van der Waals surface area contributed by atoms with Crippen molar-refractivity contribution in [3.05, 3.63) is 112 Å². The first-order chi connectivity index (χ1) is 18.2. The number of nitrogens with one attached hydrogen (secondary N) is 1. The number of carbonyl (C=O) groups excluding carboxylic acids is 1. The van der Waals surface area contributed by atoms with Crippen LogP contribution in [0.5, 0.6) is 11.5 Å². The largest absolute Gasteiger partial charge is 0.464 e. The number of hydrogen-bond donors (Lipinski definition) is 1. The summed E-state index contributed by atoms with van der Waals surface area (Å²) < 4.78 is 38.8. The standard InChI is InChI=1S/C29H26N2O6S/c1-19-17-20(23-11-7-8-12-25(23)37-22-9-5-4-6-10-22)13-15-29(19,2)38(34,35)31-24(28(33)36-3)18-21-14-16-30-27(32)26(21)31/h4-14,16-18H,15H2,1-3H3,(H,30,32). The first kappa shape index (κ1) is 25.3. The maximum absolute atomic E-state index is 14.2. The lowest BCUT2D eigenvalue weighted by Crippen LogP contribution is -2.43. The lowest BCUT2D eigenvalue weighted by Gasteiger charge is -2.33. The third kappa shape index (κ3) is 4.05. The van der Waals surface area contributed by atoms with Crippen molar-refractivity contribution >= 4 is 32.5 Å². The number of fused-ring (bicyclic) bond motifs is 1. The lowest BCUT2D eigenvalue weighted by molar-refractivity contribution is 0.0593. The van der Waals surface area contributed by atoms with Crippen LogP contribution in [0.1, 0.15) is 36.3 Å². The van der Waals surface area contributed by atoms with E-state index in [1.807, 2.05) is 66.7 Å². The minimum Gasteiger partial charge on any atom is -0.464 e. The van der Waals surface area contributed by atoms with Gasteiger partial charge in [0.05, 0.1) is 7.11 Å². The highest BCUT2D eigenvalue weighted by atomic mass is 32.2. The molecular formula is C29H26N2O6S. The van der Waals surface area contributed by atoms with Gasteiger partial charge in [-0.25, -0.2) is 17.2 Å². The average Bonchev–Trinajstić information content (AvgIpc) is 3.33. The van der Waals surface area contributed by atoms with Crippen molar-refractivity contribution in [2.24, 2.45) is 0 Å². The molecule has 1 atom stereocenters. The highest BCUT2D eigenvalue weighted by Gasteiger charge is 2.45. The van der Waals surface area contributed by atoms with Gasteiger partial charge in [0.25, 0.3) is 5.56 Å². The van der Waals surface area contributed by atoms with Crippen LogP contribution >= 0.6 is 0 Å². The highest BCUT2D eigenvalue weighted by Crippen LogP contribution is 2.42. The van der Waals surface area contributed by atoms with Gasteiger partial charge in [-0.05, 0) is 61.7 Å². The smallest absolute Gasteiger partial charge is 0.355 e. The number of aromatic amines is 1. The number of carbonyl (C=O) groups is 1. The SMILES string of the molecule is COC(=O)c1cc2cc[nH]c(=O)c2n1S(=O)(=O)C1(C)CC=C(c2ccccc2Oc2ccccc2)C=C1C. The van der Waals surface area contributed by atoms with Crippen molar-refractivity contribution in [3.8, 4) is 11.5 Å². The van der Waals surface area contributed by atoms with Gasteiger partial charge in [0.15, 0.2) is 0 Å². The van der Waals surface area contributed by atoms with E-state index in [1.54, 1.807) is 19.9 Å². The van der Waals surface area contributed by atoms with Gasteiger partial charge in [0.2, 0.25) is 10.0 Å². The molecule has 38 heavy (non-hydrogen) atoms. The predicted octanol–water partition coefficient (Wildman–Crippen LogP) is 5.28. The van der Waals surface area contributed by atoms with Crippen molar-refractivity contribution < 1.29 is 22.7 Å². The van der Waals surface area contributed by atoms with Crippen LogP contribution in [0, 0.1) is 0 Å². The average molecular weight is 531 g/mol. The quantitative estimate of drug-likeness (QED) is 0.340. The second-order valence-electron chi connectivity index (χ2n) is 9.23. The Hall–Kier alpha value is -4.37. The van der Waals surface area contributed by atoms with E-state index < -0.39 is 26.3 Å². The minimum absolute atomic E-state index is 0.109. The number of pyridine rings is 1. The maximum atomic E-state index is 14.2. The molecule has 9 heteroatoms. The molecule has 194 valence electrons. The number of aromatic nitrogens is 2. The zero-order valence-electron chi connectivity index (χ0n) is 21.1. The fourth-order valence-corrected chi connectivity index (χ4v) is 6.63. The summed E-state index contributed by atoms with van der Waals surface area (Å²) in [5, 5.41) is 0.321. The van der Waals surface area contributed by atoms with Crippen LogP contribution in [0.2, 0.25) is 0 Å². The molecule has 0 radical (unpaired) electrons. The molecular weight excluding hydrogens is 504 g/mol. The summed E-state index contributed by atoms with van der Waals surface area (Å²) in [6, 6.07) is 19.8. The summed E-state index contributed by atoms with van der Waals surface area (Å²) in [5.74, 6) is 0.467. The molecule has 1 unspecified atom stereocenters. The number of methoxy groups -OCH3 is 1. The number of H-pyrrole nitrogens is 1. The molecule has 0 saturated carbocycles. The lowest BCUT2D eigenvalue weighted by atomic mass is 9.87. The van der Waals surface area contributed by atoms with Gasteiger partial charge < -0.3 is 14.5 Å². The summed E-state index contributed by atoms with van der Waals surface area (Å²) >= 11 is 0. The topological polar surface area (TPSA) is 107 Å². The maximum Gasteiger partial charge on any atom is 0.355 e. The molecule has 0 spiro atoms. The summed E-state index contributed by atoms with van der Waals surface area (Å²) in [7, 11) is -3.15. The van der Waals surface area contributed by atoms with E-state index in [0.29, 0.717) is 22.5 Å². The number of para-hydroxylation sites is 2. The van der Waals surface area contributed by atoms with Crippen LogP contribution in [-0.2, 0) is 14.8 Å². The van der Waals surface area contributed by atoms with Crippen molar-refractivity contribution in [1.29, 1.82) is 0 Å². The summed E-state index contributed by atoms with van der Waals surface area (Å²) in [5.41, 5.74) is 1.20. The van der Waals surface area contributed by atoms with Gasteiger partial charge in [0.1, 0.15) is 27.5 Å². The van der Waals surface area contributed by atoms with Crippen molar-refractivity contribution in [2.75, 3.05) is 7.11 Å². The van der Waals surface area contributed by atoms with Gasteiger partial charge in [-0.1, -0.05) is 48.6 Å². The third-order valence-corrected chi connectivity index (χ3v) is 9.46. The van der Waals surface area contributed by atoms with Gasteiger partial charge in [-0.2, -0.15) is 0 Å². The zero-order valence-corrected chi connectivity index (χ0v) is 21.9. The van der Waals surface area contributed by atoms with Crippen LogP contribution in [0.3, 0.4) is 0 Å². The minimum atomic E-state index is -4.31. The van der Waals surface area contributed by atoms with Crippen molar-refractivity contribution in [3.63, 3.8) is 0 Å². The van der Waals surface area contributed by atoms with Crippen molar-refractivity contribution in [2.45, 2.75) is 25.0 Å². The van der Waals surface area contributed by atoms with Crippen LogP contribution in [-0.4, -0.2) is 35.2 Å². The number of ether oxygens (including phenoxy) is 2. The molecule has 2 aromatic carbocycles. The van der Waals surface area contributed by atoms with E-state index in [-0.39, 0.29) is 17.6 Å². The molecule has 0 amide bonds. The Morgan fingerprint density at radius 2 is 1.76 bits per heavy atom. The number of rotatable bonds is 6. The summed E-state index contributed by atoms with van der Waals surface area (Å²) in [6.07, 6.45) is 5.16. The fraction of sp³-hybridized carbons (Fsp3) is 0.172.